The molecule has 1 aromatic rings. The van der Waals surface area contributed by atoms with E-state index >= 15 is 0 Å². The summed E-state index contributed by atoms with van der Waals surface area (Å²) in [5.74, 6) is -1.62. The van der Waals surface area contributed by atoms with Crippen molar-refractivity contribution in [2.24, 2.45) is 0 Å². The van der Waals surface area contributed by atoms with Crippen LogP contribution in [0.25, 0.3) is 0 Å². The number of aliphatic hydroxyl groups is 1. The van der Waals surface area contributed by atoms with Gasteiger partial charge in [0.05, 0.1) is 6.61 Å². The van der Waals surface area contributed by atoms with E-state index in [-0.39, 0.29) is 12.6 Å². The van der Waals surface area contributed by atoms with Gasteiger partial charge in [0.1, 0.15) is 0 Å². The zero-order valence-corrected chi connectivity index (χ0v) is 9.00. The van der Waals surface area contributed by atoms with Gasteiger partial charge in [-0.1, -0.05) is 6.07 Å². The van der Waals surface area contributed by atoms with E-state index in [0.29, 0.717) is 6.54 Å². The monoisotopic (exact) mass is 227 g/mol. The number of aliphatic hydroxyl groups excluding tert-OH is 1. The number of benzene rings is 1. The molecule has 1 atom stereocenters. The minimum atomic E-state index is -0.816. The molecule has 1 fully saturated rings. The van der Waals surface area contributed by atoms with Crippen LogP contribution in [0, 0.1) is 11.6 Å². The maximum atomic E-state index is 13.0. The molecule has 0 saturated carbocycles. The highest BCUT2D eigenvalue weighted by Gasteiger charge is 2.23. The molecule has 0 aromatic heterocycles. The summed E-state index contributed by atoms with van der Waals surface area (Å²) in [6.45, 7) is 1.61. The van der Waals surface area contributed by atoms with Crippen LogP contribution in [0.5, 0.6) is 0 Å². The molecular weight excluding hydrogens is 212 g/mol. The summed E-state index contributed by atoms with van der Waals surface area (Å²) in [6.07, 6.45) is 2.02. The van der Waals surface area contributed by atoms with Crippen LogP contribution < -0.4 is 0 Å². The van der Waals surface area contributed by atoms with Crippen molar-refractivity contribution < 1.29 is 13.9 Å². The predicted octanol–water partition coefficient (Wildman–Crippen LogP) is 1.92. The lowest BCUT2D eigenvalue weighted by atomic mass is 10.2. The van der Waals surface area contributed by atoms with E-state index in [1.54, 1.807) is 6.07 Å². The maximum absolute atomic E-state index is 13.0. The molecule has 2 nitrogen and oxygen atoms in total. The van der Waals surface area contributed by atoms with Crippen molar-refractivity contribution in [3.05, 3.63) is 35.4 Å². The molecule has 4 heteroatoms. The topological polar surface area (TPSA) is 23.5 Å². The first-order valence-electron chi connectivity index (χ1n) is 5.49. The summed E-state index contributed by atoms with van der Waals surface area (Å²) < 4.78 is 25.7. The Morgan fingerprint density at radius 3 is 2.81 bits per heavy atom. The smallest absolute Gasteiger partial charge is 0.159 e. The highest BCUT2D eigenvalue weighted by Crippen LogP contribution is 2.20. The van der Waals surface area contributed by atoms with Crippen LogP contribution >= 0.6 is 0 Å². The molecule has 0 unspecified atom stereocenters. The Kier molecular flexibility index (Phi) is 3.51. The van der Waals surface area contributed by atoms with Gasteiger partial charge in [0.25, 0.3) is 0 Å². The third kappa shape index (κ3) is 2.39. The van der Waals surface area contributed by atoms with E-state index in [1.807, 2.05) is 0 Å². The van der Waals surface area contributed by atoms with Gasteiger partial charge in [0.2, 0.25) is 0 Å². The van der Waals surface area contributed by atoms with Gasteiger partial charge in [-0.3, -0.25) is 4.90 Å². The van der Waals surface area contributed by atoms with E-state index in [9.17, 15) is 8.78 Å². The van der Waals surface area contributed by atoms with Gasteiger partial charge in [-0.05, 0) is 37.1 Å². The van der Waals surface area contributed by atoms with Crippen molar-refractivity contribution in [1.82, 2.24) is 4.90 Å². The first-order chi connectivity index (χ1) is 7.70. The fourth-order valence-electron chi connectivity index (χ4n) is 2.18. The number of hydrogen-bond acceptors (Lipinski definition) is 2. The summed E-state index contributed by atoms with van der Waals surface area (Å²) in [4.78, 5) is 2.10. The van der Waals surface area contributed by atoms with E-state index in [4.69, 9.17) is 5.11 Å². The van der Waals surface area contributed by atoms with Crippen LogP contribution in [-0.4, -0.2) is 29.2 Å². The fourth-order valence-corrected chi connectivity index (χ4v) is 2.18. The summed E-state index contributed by atoms with van der Waals surface area (Å²) in [5, 5.41) is 9.14. The van der Waals surface area contributed by atoms with Crippen LogP contribution in [-0.2, 0) is 6.54 Å². The molecule has 2 rings (SSSR count). The van der Waals surface area contributed by atoms with Gasteiger partial charge in [-0.25, -0.2) is 8.78 Å². The number of hydrogen-bond donors (Lipinski definition) is 1. The Hall–Kier alpha value is -1.00. The van der Waals surface area contributed by atoms with Crippen LogP contribution in [0.15, 0.2) is 18.2 Å². The second kappa shape index (κ2) is 4.89. The zero-order chi connectivity index (χ0) is 11.5. The number of likely N-dealkylation sites (tertiary alicyclic amines) is 1. The number of nitrogens with zero attached hydrogens (tertiary/aromatic N) is 1. The molecule has 16 heavy (non-hydrogen) atoms. The Bertz CT molecular complexity index is 370. The second-order valence-electron chi connectivity index (χ2n) is 4.20. The Labute approximate surface area is 93.5 Å². The van der Waals surface area contributed by atoms with Gasteiger partial charge in [-0.15, -0.1) is 0 Å². The molecule has 1 aromatic carbocycles. The minimum absolute atomic E-state index is 0.129. The molecule has 0 spiro atoms. The molecule has 1 aliphatic heterocycles. The maximum Gasteiger partial charge on any atom is 0.159 e. The lowest BCUT2D eigenvalue weighted by molar-refractivity contribution is 0.153. The molecule has 0 amide bonds. The van der Waals surface area contributed by atoms with Crippen molar-refractivity contribution >= 4 is 0 Å². The molecular formula is C12H15F2NO. The van der Waals surface area contributed by atoms with Gasteiger partial charge >= 0.3 is 0 Å². The highest BCUT2D eigenvalue weighted by atomic mass is 19.2. The molecule has 88 valence electrons. The van der Waals surface area contributed by atoms with E-state index in [1.165, 1.54) is 6.07 Å². The minimum Gasteiger partial charge on any atom is -0.395 e. The molecule has 1 heterocycles. The highest BCUT2D eigenvalue weighted by molar-refractivity contribution is 5.18. The Balaban J connectivity index is 2.05. The van der Waals surface area contributed by atoms with E-state index in [2.05, 4.69) is 4.90 Å². The van der Waals surface area contributed by atoms with E-state index in [0.717, 1.165) is 31.0 Å². The standard InChI is InChI=1S/C12H15F2NO/c13-11-4-3-9(6-12(11)14)7-15-5-1-2-10(15)8-16/h3-4,6,10,16H,1-2,5,7-8H2/t10-/m0/s1. The summed E-state index contributed by atoms with van der Waals surface area (Å²) in [7, 11) is 0. The molecule has 1 saturated heterocycles. The number of rotatable bonds is 3. The third-order valence-electron chi connectivity index (χ3n) is 3.08. The molecule has 0 radical (unpaired) electrons. The van der Waals surface area contributed by atoms with Gasteiger partial charge in [-0.2, -0.15) is 0 Å². The average Bonchev–Trinajstić information content (AvgIpc) is 2.71. The Morgan fingerprint density at radius 2 is 2.12 bits per heavy atom. The van der Waals surface area contributed by atoms with Gasteiger partial charge in [0.15, 0.2) is 11.6 Å². The summed E-state index contributed by atoms with van der Waals surface area (Å²) >= 11 is 0. The summed E-state index contributed by atoms with van der Waals surface area (Å²) in [5.41, 5.74) is 0.749. The summed E-state index contributed by atoms with van der Waals surface area (Å²) in [6, 6.07) is 4.12. The number of halogens is 2. The second-order valence-corrected chi connectivity index (χ2v) is 4.20. The van der Waals surface area contributed by atoms with Gasteiger partial charge < -0.3 is 5.11 Å². The van der Waals surface area contributed by atoms with Gasteiger partial charge in [0, 0.05) is 12.6 Å². The van der Waals surface area contributed by atoms with Crippen molar-refractivity contribution in [1.29, 1.82) is 0 Å². The van der Waals surface area contributed by atoms with Crippen molar-refractivity contribution in [3.63, 3.8) is 0 Å². The predicted molar refractivity (Wildman–Crippen MR) is 56.9 cm³/mol. The van der Waals surface area contributed by atoms with Crippen molar-refractivity contribution in [2.45, 2.75) is 25.4 Å². The first kappa shape index (κ1) is 11.5. The van der Waals surface area contributed by atoms with Crippen molar-refractivity contribution in [2.75, 3.05) is 13.2 Å². The van der Waals surface area contributed by atoms with Crippen LogP contribution in [0.3, 0.4) is 0 Å². The quantitative estimate of drug-likeness (QED) is 0.852. The molecule has 0 bridgehead atoms. The van der Waals surface area contributed by atoms with Crippen molar-refractivity contribution in [3.8, 4) is 0 Å². The normalized spacial score (nSPS) is 21.6. The van der Waals surface area contributed by atoms with Crippen LogP contribution in [0.2, 0.25) is 0 Å². The zero-order valence-electron chi connectivity index (χ0n) is 9.00. The average molecular weight is 227 g/mol. The first-order valence-corrected chi connectivity index (χ1v) is 5.49. The lowest BCUT2D eigenvalue weighted by Crippen LogP contribution is -2.31. The SMILES string of the molecule is OC[C@@H]1CCCN1Cc1ccc(F)c(F)c1. The molecule has 1 aliphatic rings. The van der Waals surface area contributed by atoms with Crippen LogP contribution in [0.4, 0.5) is 8.78 Å². The lowest BCUT2D eigenvalue weighted by Gasteiger charge is -2.22. The van der Waals surface area contributed by atoms with Crippen LogP contribution in [0.1, 0.15) is 18.4 Å². The van der Waals surface area contributed by atoms with E-state index < -0.39 is 11.6 Å². The largest absolute Gasteiger partial charge is 0.395 e. The Morgan fingerprint density at radius 1 is 1.31 bits per heavy atom. The molecule has 1 N–H and O–H groups in total. The fraction of sp³-hybridized carbons (Fsp3) is 0.500. The molecule has 0 aliphatic carbocycles. The third-order valence-corrected chi connectivity index (χ3v) is 3.08.